The van der Waals surface area contributed by atoms with Gasteiger partial charge in [-0.05, 0) is 47.2 Å². The Balaban J connectivity index is 3.10. The molecule has 0 amide bonds. The highest BCUT2D eigenvalue weighted by Gasteiger charge is 2.37. The number of aryl methyl sites for hydroxylation is 2. The van der Waals surface area contributed by atoms with Crippen molar-refractivity contribution in [2.75, 3.05) is 6.54 Å². The fraction of sp³-hybridized carbons (Fsp3) is 0.643. The molecule has 0 radical (unpaired) electrons. The zero-order valence-corrected chi connectivity index (χ0v) is 12.1. The molecular weight excluding hydrogens is 230 g/mol. The number of rotatable bonds is 5. The molecule has 102 valence electrons. The van der Waals surface area contributed by atoms with Crippen LogP contribution in [0.2, 0.25) is 0 Å². The zero-order chi connectivity index (χ0) is 14.1. The summed E-state index contributed by atoms with van der Waals surface area (Å²) in [6.07, 6.45) is 0. The van der Waals surface area contributed by atoms with E-state index in [1.807, 2.05) is 38.7 Å². The standard InChI is InChI=1S/C14H23NO3/c1-7-15(14(5,6)13(16)17)10(3)12-8-9(2)18-11(12)4/h8,10H,7H2,1-6H3,(H,16,17). The molecule has 0 aromatic carbocycles. The van der Waals surface area contributed by atoms with Crippen LogP contribution < -0.4 is 0 Å². The lowest BCUT2D eigenvalue weighted by Crippen LogP contribution is -2.51. The number of furan rings is 1. The molecule has 0 spiro atoms. The number of likely N-dealkylation sites (N-methyl/N-ethyl adjacent to an activating group) is 1. The summed E-state index contributed by atoms with van der Waals surface area (Å²) in [7, 11) is 0. The topological polar surface area (TPSA) is 53.7 Å². The minimum absolute atomic E-state index is 0.0125. The molecule has 4 heteroatoms. The molecule has 1 aromatic rings. The molecule has 4 nitrogen and oxygen atoms in total. The predicted molar refractivity (Wildman–Crippen MR) is 70.7 cm³/mol. The second kappa shape index (κ2) is 5.14. The van der Waals surface area contributed by atoms with Gasteiger partial charge in [0.2, 0.25) is 0 Å². The van der Waals surface area contributed by atoms with E-state index in [9.17, 15) is 9.90 Å². The van der Waals surface area contributed by atoms with E-state index in [-0.39, 0.29) is 6.04 Å². The fourth-order valence-corrected chi connectivity index (χ4v) is 2.51. The normalized spacial score (nSPS) is 13.9. The number of aliphatic carboxylic acids is 1. The Morgan fingerprint density at radius 1 is 1.50 bits per heavy atom. The van der Waals surface area contributed by atoms with Crippen molar-refractivity contribution in [3.63, 3.8) is 0 Å². The first-order valence-electron chi connectivity index (χ1n) is 6.28. The molecule has 1 N–H and O–H groups in total. The number of nitrogens with zero attached hydrogens (tertiary/aromatic N) is 1. The molecule has 1 unspecified atom stereocenters. The summed E-state index contributed by atoms with van der Waals surface area (Å²) in [4.78, 5) is 13.3. The molecule has 0 fully saturated rings. The van der Waals surface area contributed by atoms with Gasteiger partial charge in [0, 0.05) is 11.6 Å². The first-order valence-corrected chi connectivity index (χ1v) is 6.28. The number of hydrogen-bond donors (Lipinski definition) is 1. The molecule has 0 aliphatic carbocycles. The van der Waals surface area contributed by atoms with E-state index < -0.39 is 11.5 Å². The molecule has 0 saturated heterocycles. The molecule has 0 aliphatic heterocycles. The lowest BCUT2D eigenvalue weighted by Gasteiger charge is -2.38. The van der Waals surface area contributed by atoms with Crippen molar-refractivity contribution < 1.29 is 14.3 Å². The minimum Gasteiger partial charge on any atom is -0.480 e. The van der Waals surface area contributed by atoms with E-state index >= 15 is 0 Å². The van der Waals surface area contributed by atoms with Gasteiger partial charge in [-0.15, -0.1) is 0 Å². The van der Waals surface area contributed by atoms with Gasteiger partial charge in [-0.2, -0.15) is 0 Å². The number of carboxylic acid groups (broad SMARTS) is 1. The highest BCUT2D eigenvalue weighted by Crippen LogP contribution is 2.31. The summed E-state index contributed by atoms with van der Waals surface area (Å²) in [6, 6.07) is 2.00. The zero-order valence-electron chi connectivity index (χ0n) is 12.1. The number of carboxylic acids is 1. The van der Waals surface area contributed by atoms with Crippen LogP contribution in [0.5, 0.6) is 0 Å². The van der Waals surface area contributed by atoms with Crippen molar-refractivity contribution in [3.8, 4) is 0 Å². The summed E-state index contributed by atoms with van der Waals surface area (Å²) in [6.45, 7) is 12.0. The molecule has 1 rings (SSSR count). The Morgan fingerprint density at radius 2 is 2.06 bits per heavy atom. The maximum Gasteiger partial charge on any atom is 0.323 e. The van der Waals surface area contributed by atoms with Crippen LogP contribution >= 0.6 is 0 Å². The third-order valence-corrected chi connectivity index (χ3v) is 3.58. The van der Waals surface area contributed by atoms with Crippen molar-refractivity contribution in [2.24, 2.45) is 0 Å². The third kappa shape index (κ3) is 2.58. The van der Waals surface area contributed by atoms with E-state index in [0.29, 0.717) is 6.54 Å². The average molecular weight is 253 g/mol. The molecule has 1 heterocycles. The van der Waals surface area contributed by atoms with Gasteiger partial charge in [0.25, 0.3) is 0 Å². The van der Waals surface area contributed by atoms with Crippen LogP contribution in [-0.2, 0) is 4.79 Å². The van der Waals surface area contributed by atoms with Gasteiger partial charge >= 0.3 is 5.97 Å². The quantitative estimate of drug-likeness (QED) is 0.875. The van der Waals surface area contributed by atoms with Crippen molar-refractivity contribution in [3.05, 3.63) is 23.2 Å². The van der Waals surface area contributed by atoms with Crippen LogP contribution in [0.4, 0.5) is 0 Å². The first kappa shape index (κ1) is 14.8. The Morgan fingerprint density at radius 3 is 2.39 bits per heavy atom. The summed E-state index contributed by atoms with van der Waals surface area (Å²) < 4.78 is 5.53. The Bertz CT molecular complexity index is 434. The SMILES string of the molecule is CCN(C(C)c1cc(C)oc1C)C(C)(C)C(=O)O. The van der Waals surface area contributed by atoms with Gasteiger partial charge in [0.05, 0.1) is 0 Å². The maximum absolute atomic E-state index is 11.4. The van der Waals surface area contributed by atoms with Crippen LogP contribution in [0, 0.1) is 13.8 Å². The van der Waals surface area contributed by atoms with E-state index in [4.69, 9.17) is 4.42 Å². The van der Waals surface area contributed by atoms with Gasteiger partial charge < -0.3 is 9.52 Å². The molecule has 1 aromatic heterocycles. The summed E-state index contributed by atoms with van der Waals surface area (Å²) >= 11 is 0. The van der Waals surface area contributed by atoms with Crippen LogP contribution in [-0.4, -0.2) is 28.1 Å². The Labute approximate surface area is 109 Å². The summed E-state index contributed by atoms with van der Waals surface area (Å²) in [5.74, 6) is 0.909. The van der Waals surface area contributed by atoms with E-state index in [2.05, 4.69) is 0 Å². The smallest absolute Gasteiger partial charge is 0.323 e. The predicted octanol–water partition coefficient (Wildman–Crippen LogP) is 3.14. The molecule has 0 bridgehead atoms. The highest BCUT2D eigenvalue weighted by atomic mass is 16.4. The van der Waals surface area contributed by atoms with Gasteiger partial charge in [-0.1, -0.05) is 6.92 Å². The van der Waals surface area contributed by atoms with Crippen molar-refractivity contribution in [1.29, 1.82) is 0 Å². The number of hydrogen-bond acceptors (Lipinski definition) is 3. The number of carbonyl (C=O) groups is 1. The van der Waals surface area contributed by atoms with Gasteiger partial charge in [-0.25, -0.2) is 0 Å². The monoisotopic (exact) mass is 253 g/mol. The molecule has 1 atom stereocenters. The van der Waals surface area contributed by atoms with Crippen LogP contribution in [0.1, 0.15) is 50.8 Å². The van der Waals surface area contributed by atoms with E-state index in [1.54, 1.807) is 13.8 Å². The lowest BCUT2D eigenvalue weighted by atomic mass is 9.97. The molecular formula is C14H23NO3. The summed E-state index contributed by atoms with van der Waals surface area (Å²) in [5.41, 5.74) is 0.162. The van der Waals surface area contributed by atoms with E-state index in [1.165, 1.54) is 0 Å². The maximum atomic E-state index is 11.4. The Kier molecular flexibility index (Phi) is 4.22. The highest BCUT2D eigenvalue weighted by molar-refractivity contribution is 5.77. The third-order valence-electron chi connectivity index (χ3n) is 3.58. The van der Waals surface area contributed by atoms with Crippen molar-refractivity contribution >= 4 is 5.97 Å². The molecule has 0 saturated carbocycles. The van der Waals surface area contributed by atoms with Gasteiger partial charge in [0.15, 0.2) is 0 Å². The average Bonchev–Trinajstić information content (AvgIpc) is 2.58. The van der Waals surface area contributed by atoms with Crippen LogP contribution in [0.25, 0.3) is 0 Å². The van der Waals surface area contributed by atoms with Crippen molar-refractivity contribution in [2.45, 2.75) is 53.1 Å². The largest absolute Gasteiger partial charge is 0.480 e. The van der Waals surface area contributed by atoms with Crippen LogP contribution in [0.15, 0.2) is 10.5 Å². The Hall–Kier alpha value is -1.29. The molecule has 0 aliphatic rings. The van der Waals surface area contributed by atoms with Gasteiger partial charge in [0.1, 0.15) is 17.1 Å². The first-order chi connectivity index (χ1) is 8.21. The van der Waals surface area contributed by atoms with E-state index in [0.717, 1.165) is 17.1 Å². The second-order valence-electron chi connectivity index (χ2n) is 5.19. The van der Waals surface area contributed by atoms with Crippen molar-refractivity contribution in [1.82, 2.24) is 4.90 Å². The fourth-order valence-electron chi connectivity index (χ4n) is 2.51. The van der Waals surface area contributed by atoms with Crippen LogP contribution in [0.3, 0.4) is 0 Å². The molecule has 18 heavy (non-hydrogen) atoms. The summed E-state index contributed by atoms with van der Waals surface area (Å²) in [5, 5.41) is 9.35. The second-order valence-corrected chi connectivity index (χ2v) is 5.19. The lowest BCUT2D eigenvalue weighted by molar-refractivity contribution is -0.150. The minimum atomic E-state index is -0.897. The van der Waals surface area contributed by atoms with Gasteiger partial charge in [-0.3, -0.25) is 9.69 Å².